The molecule has 1 aromatic carbocycles. The highest BCUT2D eigenvalue weighted by molar-refractivity contribution is 8.22. The van der Waals surface area contributed by atoms with E-state index in [1.165, 1.54) is 35.2 Å². The molecular formula is C14H16F2N4OS2. The van der Waals surface area contributed by atoms with Gasteiger partial charge in [0.15, 0.2) is 0 Å². The van der Waals surface area contributed by atoms with Crippen LogP contribution in [0.2, 0.25) is 0 Å². The molecule has 0 aliphatic carbocycles. The van der Waals surface area contributed by atoms with E-state index < -0.39 is 17.2 Å². The molecule has 0 aliphatic heterocycles. The second kappa shape index (κ2) is 7.33. The molecule has 0 saturated heterocycles. The Bertz CT molecular complexity index is 681. The van der Waals surface area contributed by atoms with Crippen molar-refractivity contribution in [2.24, 2.45) is 0 Å². The number of rotatable bonds is 5. The van der Waals surface area contributed by atoms with Crippen molar-refractivity contribution in [2.45, 2.75) is 12.1 Å². The molecule has 0 aliphatic rings. The lowest BCUT2D eigenvalue weighted by Gasteiger charge is -2.29. The van der Waals surface area contributed by atoms with Gasteiger partial charge in [-0.2, -0.15) is 5.10 Å². The van der Waals surface area contributed by atoms with E-state index in [0.29, 0.717) is 4.32 Å². The Labute approximate surface area is 142 Å². The van der Waals surface area contributed by atoms with Crippen LogP contribution in [0.15, 0.2) is 30.9 Å². The van der Waals surface area contributed by atoms with E-state index in [2.05, 4.69) is 10.1 Å². The lowest BCUT2D eigenvalue weighted by Crippen LogP contribution is -2.36. The monoisotopic (exact) mass is 358 g/mol. The minimum absolute atomic E-state index is 0.0107. The van der Waals surface area contributed by atoms with Gasteiger partial charge in [-0.25, -0.2) is 18.4 Å². The zero-order valence-electron chi connectivity index (χ0n) is 12.6. The molecule has 5 nitrogen and oxygen atoms in total. The third kappa shape index (κ3) is 4.46. The van der Waals surface area contributed by atoms with E-state index in [-0.39, 0.29) is 17.9 Å². The van der Waals surface area contributed by atoms with Crippen LogP contribution in [0.25, 0.3) is 0 Å². The van der Waals surface area contributed by atoms with Crippen molar-refractivity contribution in [3.05, 3.63) is 48.1 Å². The zero-order chi connectivity index (χ0) is 17.0. The number of hydrogen-bond donors (Lipinski definition) is 1. The minimum Gasteiger partial charge on any atom is -0.382 e. The van der Waals surface area contributed by atoms with Gasteiger partial charge >= 0.3 is 0 Å². The number of aromatic nitrogens is 3. The third-order valence-corrected chi connectivity index (χ3v) is 5.07. The number of hydrogen-bond acceptors (Lipinski definition) is 5. The van der Waals surface area contributed by atoms with Gasteiger partial charge in [0.25, 0.3) is 0 Å². The first-order chi connectivity index (χ1) is 10.8. The fraction of sp³-hybridized carbons (Fsp3) is 0.357. The van der Waals surface area contributed by atoms with Gasteiger partial charge in [-0.1, -0.05) is 30.0 Å². The molecule has 1 heterocycles. The molecule has 2 aromatic rings. The Kier molecular flexibility index (Phi) is 5.66. The van der Waals surface area contributed by atoms with Gasteiger partial charge in [0.1, 0.15) is 34.2 Å². The molecule has 1 N–H and O–H groups in total. The standard InChI is InChI=1S/C14H16F2N4OS2/c1-19(2)13(22)23-7-14(21,6-20-9-17-8-18-20)11-4-3-10(15)5-12(11)16/h3-5,8-9,21H,6-7H2,1-2H3. The maximum atomic E-state index is 14.2. The topological polar surface area (TPSA) is 54.2 Å². The normalized spacial score (nSPS) is 13.6. The van der Waals surface area contributed by atoms with Crippen LogP contribution < -0.4 is 0 Å². The van der Waals surface area contributed by atoms with Crippen LogP contribution in [0.4, 0.5) is 8.78 Å². The lowest BCUT2D eigenvalue weighted by atomic mass is 9.95. The van der Waals surface area contributed by atoms with E-state index >= 15 is 0 Å². The molecule has 1 aromatic heterocycles. The Morgan fingerprint density at radius 3 is 2.74 bits per heavy atom. The molecule has 0 fully saturated rings. The second-order valence-electron chi connectivity index (χ2n) is 5.20. The molecule has 0 saturated carbocycles. The summed E-state index contributed by atoms with van der Waals surface area (Å²) in [5.41, 5.74) is -1.63. The summed E-state index contributed by atoms with van der Waals surface area (Å²) in [4.78, 5) is 5.53. The van der Waals surface area contributed by atoms with Gasteiger partial charge in [0.05, 0.1) is 6.54 Å². The molecule has 0 spiro atoms. The average Bonchev–Trinajstić information content (AvgIpc) is 2.97. The molecule has 23 heavy (non-hydrogen) atoms. The van der Waals surface area contributed by atoms with E-state index in [0.717, 1.165) is 12.1 Å². The highest BCUT2D eigenvalue weighted by Gasteiger charge is 2.34. The number of thiocarbonyl (C=S) groups is 1. The quantitative estimate of drug-likeness (QED) is 0.826. The first-order valence-corrected chi connectivity index (χ1v) is 8.05. The summed E-state index contributed by atoms with van der Waals surface area (Å²) in [5.74, 6) is -1.43. The van der Waals surface area contributed by atoms with E-state index in [1.54, 1.807) is 19.0 Å². The number of nitrogens with zero attached hydrogens (tertiary/aromatic N) is 4. The van der Waals surface area contributed by atoms with Crippen LogP contribution >= 0.6 is 24.0 Å². The van der Waals surface area contributed by atoms with E-state index in [4.69, 9.17) is 12.2 Å². The van der Waals surface area contributed by atoms with Crippen molar-refractivity contribution in [1.29, 1.82) is 0 Å². The molecular weight excluding hydrogens is 342 g/mol. The van der Waals surface area contributed by atoms with Crippen LogP contribution in [0, 0.1) is 11.6 Å². The molecule has 9 heteroatoms. The predicted molar refractivity (Wildman–Crippen MR) is 89.0 cm³/mol. The van der Waals surface area contributed by atoms with Gasteiger partial charge in [0.2, 0.25) is 0 Å². The molecule has 0 radical (unpaired) electrons. The van der Waals surface area contributed by atoms with Crippen LogP contribution in [0.5, 0.6) is 0 Å². The smallest absolute Gasteiger partial charge is 0.137 e. The molecule has 124 valence electrons. The highest BCUT2D eigenvalue weighted by Crippen LogP contribution is 2.30. The Morgan fingerprint density at radius 2 is 2.17 bits per heavy atom. The fourth-order valence-electron chi connectivity index (χ4n) is 1.97. The molecule has 1 atom stereocenters. The number of thioether (sulfide) groups is 1. The molecule has 0 bridgehead atoms. The lowest BCUT2D eigenvalue weighted by molar-refractivity contribution is 0.0362. The van der Waals surface area contributed by atoms with Crippen LogP contribution in [0.1, 0.15) is 5.56 Å². The van der Waals surface area contributed by atoms with Crippen molar-refractivity contribution in [1.82, 2.24) is 19.7 Å². The Balaban J connectivity index is 2.31. The van der Waals surface area contributed by atoms with Crippen molar-refractivity contribution < 1.29 is 13.9 Å². The summed E-state index contributed by atoms with van der Waals surface area (Å²) in [6, 6.07) is 3.09. The van der Waals surface area contributed by atoms with Crippen molar-refractivity contribution >= 4 is 28.3 Å². The first-order valence-electron chi connectivity index (χ1n) is 6.66. The van der Waals surface area contributed by atoms with Gasteiger partial charge in [-0.15, -0.1) is 0 Å². The van der Waals surface area contributed by atoms with E-state index in [1.807, 2.05) is 0 Å². The van der Waals surface area contributed by atoms with Crippen molar-refractivity contribution in [3.63, 3.8) is 0 Å². The maximum absolute atomic E-state index is 14.2. The van der Waals surface area contributed by atoms with E-state index in [9.17, 15) is 13.9 Å². The van der Waals surface area contributed by atoms with Crippen molar-refractivity contribution in [2.75, 3.05) is 19.8 Å². The van der Waals surface area contributed by atoms with Gasteiger partial charge < -0.3 is 10.0 Å². The summed E-state index contributed by atoms with van der Waals surface area (Å²) in [6.45, 7) is -0.0292. The maximum Gasteiger partial charge on any atom is 0.137 e. The van der Waals surface area contributed by atoms with Crippen molar-refractivity contribution in [3.8, 4) is 0 Å². The summed E-state index contributed by atoms with van der Waals surface area (Å²) < 4.78 is 29.2. The number of halogens is 2. The zero-order valence-corrected chi connectivity index (χ0v) is 14.2. The van der Waals surface area contributed by atoms with Crippen LogP contribution in [0.3, 0.4) is 0 Å². The Hall–Kier alpha value is -1.58. The predicted octanol–water partition coefficient (Wildman–Crippen LogP) is 2.02. The Morgan fingerprint density at radius 1 is 1.43 bits per heavy atom. The molecule has 1 unspecified atom stereocenters. The highest BCUT2D eigenvalue weighted by atomic mass is 32.2. The first kappa shape index (κ1) is 17.8. The third-order valence-electron chi connectivity index (χ3n) is 3.12. The largest absolute Gasteiger partial charge is 0.382 e. The van der Waals surface area contributed by atoms with Crippen LogP contribution in [-0.4, -0.2) is 48.9 Å². The molecule has 0 amide bonds. The van der Waals surface area contributed by atoms with Gasteiger partial charge in [-0.3, -0.25) is 0 Å². The van der Waals surface area contributed by atoms with Gasteiger partial charge in [-0.05, 0) is 6.07 Å². The summed E-state index contributed by atoms with van der Waals surface area (Å²) in [5, 5.41) is 14.9. The van der Waals surface area contributed by atoms with Gasteiger partial charge in [0, 0.05) is 31.5 Å². The number of benzene rings is 1. The van der Waals surface area contributed by atoms with Crippen LogP contribution in [-0.2, 0) is 12.1 Å². The summed E-state index contributed by atoms with van der Waals surface area (Å²) in [7, 11) is 3.56. The summed E-state index contributed by atoms with van der Waals surface area (Å²) >= 11 is 6.39. The fourth-order valence-corrected chi connectivity index (χ4v) is 3.01. The molecule has 2 rings (SSSR count). The average molecular weight is 358 g/mol. The minimum atomic E-state index is -1.61. The second-order valence-corrected chi connectivity index (χ2v) is 6.81. The summed E-state index contributed by atoms with van der Waals surface area (Å²) in [6.07, 6.45) is 2.74. The number of aliphatic hydroxyl groups is 1. The SMILES string of the molecule is CN(C)C(=S)SCC(O)(Cn1cncn1)c1ccc(F)cc1F.